The molecule has 0 aromatic heterocycles. The molecule has 0 aliphatic heterocycles. The molecule has 0 radical (unpaired) electrons. The number of hydrogen-bond acceptors (Lipinski definition) is 2. The van der Waals surface area contributed by atoms with Crippen LogP contribution < -0.4 is 4.74 Å². The fourth-order valence-electron chi connectivity index (χ4n) is 2.29. The first-order valence-corrected chi connectivity index (χ1v) is 5.96. The summed E-state index contributed by atoms with van der Waals surface area (Å²) in [5, 5.41) is 0. The molecule has 1 aromatic carbocycles. The van der Waals surface area contributed by atoms with E-state index < -0.39 is 17.9 Å². The zero-order valence-corrected chi connectivity index (χ0v) is 9.97. The van der Waals surface area contributed by atoms with E-state index in [2.05, 4.69) is 4.74 Å². The number of benzene rings is 1. The Hall–Kier alpha value is -1.59. The number of hydrogen-bond donors (Lipinski definition) is 0. The summed E-state index contributed by atoms with van der Waals surface area (Å²) >= 11 is 0. The second-order valence-electron chi connectivity index (χ2n) is 4.54. The van der Waals surface area contributed by atoms with Gasteiger partial charge in [-0.3, -0.25) is 4.79 Å². The smallest absolute Gasteiger partial charge is 0.403 e. The first-order chi connectivity index (χ1) is 8.87. The summed E-state index contributed by atoms with van der Waals surface area (Å²) in [6, 6.07) is 2.82. The number of rotatable bonds is 3. The molecule has 0 bridgehead atoms. The quantitative estimate of drug-likeness (QED) is 0.613. The van der Waals surface area contributed by atoms with Crippen molar-refractivity contribution in [1.82, 2.24) is 0 Å². The topological polar surface area (TPSA) is 26.3 Å². The van der Waals surface area contributed by atoms with Crippen LogP contribution in [0.15, 0.2) is 18.2 Å². The van der Waals surface area contributed by atoms with Gasteiger partial charge in [0, 0.05) is 11.5 Å². The van der Waals surface area contributed by atoms with Gasteiger partial charge in [0.2, 0.25) is 0 Å². The van der Waals surface area contributed by atoms with Crippen molar-refractivity contribution >= 4 is 5.78 Å². The minimum Gasteiger partial charge on any atom is -0.403 e. The van der Waals surface area contributed by atoms with Crippen LogP contribution in [0.3, 0.4) is 0 Å². The molecule has 104 valence electrons. The number of ether oxygens (including phenoxy) is 1. The lowest BCUT2D eigenvalue weighted by atomic mass is 9.96. The zero-order chi connectivity index (χ0) is 14.0. The molecule has 2 nitrogen and oxygen atoms in total. The van der Waals surface area contributed by atoms with Crippen LogP contribution in [-0.4, -0.2) is 12.1 Å². The van der Waals surface area contributed by atoms with Crippen molar-refractivity contribution in [3.8, 4) is 5.75 Å². The highest BCUT2D eigenvalue weighted by atomic mass is 19.4. The molecule has 0 heterocycles. The molecule has 0 N–H and O–H groups in total. The molecule has 1 aliphatic rings. The van der Waals surface area contributed by atoms with E-state index in [9.17, 15) is 22.4 Å². The Labute approximate surface area is 107 Å². The van der Waals surface area contributed by atoms with Crippen molar-refractivity contribution in [3.05, 3.63) is 29.6 Å². The van der Waals surface area contributed by atoms with Gasteiger partial charge in [-0.2, -0.15) is 0 Å². The Morgan fingerprint density at radius 2 is 1.84 bits per heavy atom. The van der Waals surface area contributed by atoms with Crippen LogP contribution in [0.5, 0.6) is 5.75 Å². The normalized spacial score (nSPS) is 16.6. The Morgan fingerprint density at radius 3 is 2.37 bits per heavy atom. The van der Waals surface area contributed by atoms with E-state index in [1.54, 1.807) is 0 Å². The molecule has 0 spiro atoms. The Balaban J connectivity index is 2.16. The summed E-state index contributed by atoms with van der Waals surface area (Å²) in [5.74, 6) is -2.46. The van der Waals surface area contributed by atoms with Crippen molar-refractivity contribution in [2.24, 2.45) is 5.92 Å². The fraction of sp³-hybridized carbons (Fsp3) is 0.462. The van der Waals surface area contributed by atoms with E-state index >= 15 is 0 Å². The zero-order valence-electron chi connectivity index (χ0n) is 9.97. The van der Waals surface area contributed by atoms with Gasteiger partial charge in [-0.15, -0.1) is 13.2 Å². The van der Waals surface area contributed by atoms with Crippen LogP contribution in [0.4, 0.5) is 17.6 Å². The van der Waals surface area contributed by atoms with Crippen LogP contribution >= 0.6 is 0 Å². The van der Waals surface area contributed by atoms with Crippen LogP contribution in [-0.2, 0) is 0 Å². The van der Waals surface area contributed by atoms with E-state index in [0.717, 1.165) is 37.8 Å². The molecule has 1 saturated carbocycles. The third-order valence-corrected chi connectivity index (χ3v) is 3.17. The number of alkyl halides is 3. The number of halogens is 4. The van der Waals surface area contributed by atoms with Crippen molar-refractivity contribution < 1.29 is 27.1 Å². The maximum atomic E-state index is 13.5. The molecular formula is C13H12F4O2. The van der Waals surface area contributed by atoms with E-state index in [4.69, 9.17) is 0 Å². The van der Waals surface area contributed by atoms with E-state index in [1.165, 1.54) is 6.07 Å². The van der Waals surface area contributed by atoms with Crippen LogP contribution in [0.2, 0.25) is 0 Å². The van der Waals surface area contributed by atoms with Gasteiger partial charge >= 0.3 is 6.36 Å². The maximum absolute atomic E-state index is 13.5. The lowest BCUT2D eigenvalue weighted by Gasteiger charge is -2.12. The van der Waals surface area contributed by atoms with Gasteiger partial charge in [-0.25, -0.2) is 4.39 Å². The van der Waals surface area contributed by atoms with Crippen molar-refractivity contribution in [3.63, 3.8) is 0 Å². The van der Waals surface area contributed by atoms with Crippen molar-refractivity contribution in [2.45, 2.75) is 32.0 Å². The molecule has 0 saturated heterocycles. The van der Waals surface area contributed by atoms with Crippen LogP contribution in [0.25, 0.3) is 0 Å². The third kappa shape index (κ3) is 3.45. The second kappa shape index (κ2) is 5.19. The largest absolute Gasteiger partial charge is 0.573 e. The van der Waals surface area contributed by atoms with E-state index in [-0.39, 0.29) is 17.3 Å². The molecule has 0 amide bonds. The number of ketones is 1. The molecule has 0 unspecified atom stereocenters. The fourth-order valence-corrected chi connectivity index (χ4v) is 2.29. The lowest BCUT2D eigenvalue weighted by Crippen LogP contribution is -2.18. The maximum Gasteiger partial charge on any atom is 0.573 e. The van der Waals surface area contributed by atoms with Gasteiger partial charge in [-0.05, 0) is 31.0 Å². The molecule has 6 heteroatoms. The lowest BCUT2D eigenvalue weighted by molar-refractivity contribution is -0.275. The van der Waals surface area contributed by atoms with Gasteiger partial charge < -0.3 is 4.74 Å². The summed E-state index contributed by atoms with van der Waals surface area (Å²) < 4.78 is 52.9. The van der Waals surface area contributed by atoms with Crippen molar-refractivity contribution in [1.29, 1.82) is 0 Å². The molecular weight excluding hydrogens is 264 g/mol. The molecule has 1 aromatic rings. The molecule has 1 fully saturated rings. The standard InChI is InChI=1S/C13H12F4O2/c14-10-7-9(12(18)8-3-1-2-4-8)5-6-11(10)19-13(15,16)17/h5-8H,1-4H2. The predicted octanol–water partition coefficient (Wildman–Crippen LogP) is 4.10. The van der Waals surface area contributed by atoms with E-state index in [1.807, 2.05) is 0 Å². The first-order valence-electron chi connectivity index (χ1n) is 5.96. The Bertz CT molecular complexity index is 476. The Morgan fingerprint density at radius 1 is 1.21 bits per heavy atom. The number of carbonyl (C=O) groups excluding carboxylic acids is 1. The van der Waals surface area contributed by atoms with Crippen LogP contribution in [0.1, 0.15) is 36.0 Å². The third-order valence-electron chi connectivity index (χ3n) is 3.17. The SMILES string of the molecule is O=C(c1ccc(OC(F)(F)F)c(F)c1)C1CCCC1. The number of carbonyl (C=O) groups is 1. The summed E-state index contributed by atoms with van der Waals surface area (Å²) in [4.78, 5) is 12.0. The van der Waals surface area contributed by atoms with E-state index in [0.29, 0.717) is 0 Å². The highest BCUT2D eigenvalue weighted by Gasteiger charge is 2.32. The highest BCUT2D eigenvalue weighted by molar-refractivity contribution is 5.98. The average molecular weight is 276 g/mol. The summed E-state index contributed by atoms with van der Waals surface area (Å²) in [7, 11) is 0. The van der Waals surface area contributed by atoms with Gasteiger partial charge in [0.05, 0.1) is 0 Å². The first kappa shape index (κ1) is 13.8. The predicted molar refractivity (Wildman–Crippen MR) is 59.4 cm³/mol. The van der Waals surface area contributed by atoms with Gasteiger partial charge in [0.15, 0.2) is 17.3 Å². The summed E-state index contributed by atoms with van der Waals surface area (Å²) in [6.45, 7) is 0. The minimum atomic E-state index is -4.95. The molecule has 2 rings (SSSR count). The minimum absolute atomic E-state index is 0.0962. The highest BCUT2D eigenvalue weighted by Crippen LogP contribution is 2.30. The average Bonchev–Trinajstić information content (AvgIpc) is 2.82. The molecule has 0 atom stereocenters. The van der Waals surface area contributed by atoms with Gasteiger partial charge in [0.1, 0.15) is 0 Å². The number of Topliss-reactive ketones (excluding diaryl/α,β-unsaturated/α-hetero) is 1. The van der Waals surface area contributed by atoms with Crippen LogP contribution in [0, 0.1) is 11.7 Å². The summed E-state index contributed by atoms with van der Waals surface area (Å²) in [6.07, 6.45) is -1.54. The molecule has 19 heavy (non-hydrogen) atoms. The monoisotopic (exact) mass is 276 g/mol. The van der Waals surface area contributed by atoms with Gasteiger partial charge in [0.25, 0.3) is 0 Å². The van der Waals surface area contributed by atoms with Crippen molar-refractivity contribution in [2.75, 3.05) is 0 Å². The summed E-state index contributed by atoms with van der Waals surface area (Å²) in [5.41, 5.74) is 0.0962. The molecule has 1 aliphatic carbocycles. The Kier molecular flexibility index (Phi) is 3.78. The second-order valence-corrected chi connectivity index (χ2v) is 4.54. The van der Waals surface area contributed by atoms with Gasteiger partial charge in [-0.1, -0.05) is 12.8 Å².